The van der Waals surface area contributed by atoms with E-state index in [2.05, 4.69) is 146 Å². The molecule has 0 bridgehead atoms. The van der Waals surface area contributed by atoms with E-state index in [1.807, 2.05) is 23.5 Å². The number of thiophene rings is 1. The van der Waals surface area contributed by atoms with Gasteiger partial charge in [-0.05, 0) is 56.3 Å². The Kier molecular flexibility index (Phi) is 5.78. The summed E-state index contributed by atoms with van der Waals surface area (Å²) in [5, 5.41) is 11.5. The summed E-state index contributed by atoms with van der Waals surface area (Å²) < 4.78 is 2.65. The summed E-state index contributed by atoms with van der Waals surface area (Å²) in [4.78, 5) is 10.1. The average Bonchev–Trinajstić information content (AvgIpc) is 3.54. The van der Waals surface area contributed by atoms with Crippen molar-refractivity contribution in [3.05, 3.63) is 158 Å². The molecular formula is C44H26N2S. The maximum Gasteiger partial charge on any atom is 0.160 e. The van der Waals surface area contributed by atoms with Crippen LogP contribution in [0.2, 0.25) is 0 Å². The Bertz CT molecular complexity index is 2830. The molecule has 0 saturated carbocycles. The van der Waals surface area contributed by atoms with Gasteiger partial charge in [0, 0.05) is 42.1 Å². The number of para-hydroxylation sites is 1. The molecule has 0 fully saturated rings. The smallest absolute Gasteiger partial charge is 0.160 e. The molecule has 2 nitrogen and oxygen atoms in total. The molecule has 47 heavy (non-hydrogen) atoms. The van der Waals surface area contributed by atoms with Crippen LogP contribution in [0.5, 0.6) is 0 Å². The van der Waals surface area contributed by atoms with E-state index in [0.717, 1.165) is 33.5 Å². The molecule has 8 aromatic carbocycles. The predicted molar refractivity (Wildman–Crippen MR) is 201 cm³/mol. The lowest BCUT2D eigenvalue weighted by atomic mass is 9.89. The van der Waals surface area contributed by atoms with Gasteiger partial charge in [0.25, 0.3) is 0 Å². The van der Waals surface area contributed by atoms with E-state index in [4.69, 9.17) is 9.97 Å². The predicted octanol–water partition coefficient (Wildman–Crippen LogP) is 12.5. The van der Waals surface area contributed by atoms with Crippen molar-refractivity contribution in [2.45, 2.75) is 0 Å². The Morgan fingerprint density at radius 3 is 1.72 bits per heavy atom. The van der Waals surface area contributed by atoms with Gasteiger partial charge in [-0.2, -0.15) is 0 Å². The number of nitrogens with zero attached hydrogens (tertiary/aromatic N) is 2. The Hall–Kier alpha value is -5.90. The molecule has 0 amide bonds. The first-order chi connectivity index (χ1) is 23.3. The molecule has 218 valence electrons. The van der Waals surface area contributed by atoms with Crippen LogP contribution in [0, 0.1) is 0 Å². The molecule has 0 radical (unpaired) electrons. The SMILES string of the molecule is c1ccc(-c2nc(-c3ccc(-c4cc5c6ccccc6c6ccccc6c5c5sc6ccccc6c45)cc3)nc3ccccc23)cc1. The number of hydrogen-bond donors (Lipinski definition) is 0. The van der Waals surface area contributed by atoms with E-state index in [-0.39, 0.29) is 0 Å². The molecule has 0 aliphatic heterocycles. The second-order valence-corrected chi connectivity index (χ2v) is 13.1. The van der Waals surface area contributed by atoms with Gasteiger partial charge in [0.1, 0.15) is 0 Å². The third-order valence-corrected chi connectivity index (χ3v) is 10.6. The molecule has 2 aromatic heterocycles. The summed E-state index contributed by atoms with van der Waals surface area (Å²) in [6, 6.07) is 56.5. The molecule has 10 aromatic rings. The zero-order chi connectivity index (χ0) is 30.9. The molecule has 0 N–H and O–H groups in total. The van der Waals surface area contributed by atoms with Crippen molar-refractivity contribution in [3.8, 4) is 33.8 Å². The molecular weight excluding hydrogens is 589 g/mol. The van der Waals surface area contributed by atoms with Crippen LogP contribution in [0.1, 0.15) is 0 Å². The van der Waals surface area contributed by atoms with E-state index < -0.39 is 0 Å². The molecule has 0 atom stereocenters. The van der Waals surface area contributed by atoms with Crippen LogP contribution >= 0.6 is 11.3 Å². The summed E-state index contributed by atoms with van der Waals surface area (Å²) in [6.07, 6.45) is 0. The normalized spacial score (nSPS) is 11.8. The summed E-state index contributed by atoms with van der Waals surface area (Å²) >= 11 is 1.90. The molecule has 0 aliphatic carbocycles. The molecule has 0 spiro atoms. The van der Waals surface area contributed by atoms with Crippen LogP contribution in [0.25, 0.3) is 97.2 Å². The van der Waals surface area contributed by atoms with Crippen LogP contribution in [-0.4, -0.2) is 9.97 Å². The summed E-state index contributed by atoms with van der Waals surface area (Å²) in [7, 11) is 0. The maximum atomic E-state index is 5.12. The largest absolute Gasteiger partial charge is 0.228 e. The Balaban J connectivity index is 1.23. The minimum Gasteiger partial charge on any atom is -0.228 e. The first kappa shape index (κ1) is 26.3. The molecule has 0 aliphatic rings. The quantitative estimate of drug-likeness (QED) is 0.185. The maximum absolute atomic E-state index is 5.12. The summed E-state index contributed by atoms with van der Waals surface area (Å²) in [5.41, 5.74) is 6.43. The Morgan fingerprint density at radius 2 is 0.957 bits per heavy atom. The fourth-order valence-electron chi connectivity index (χ4n) is 7.32. The average molecular weight is 615 g/mol. The van der Waals surface area contributed by atoms with Gasteiger partial charge in [-0.25, -0.2) is 9.97 Å². The number of fused-ring (bicyclic) bond motifs is 11. The highest BCUT2D eigenvalue weighted by Crippen LogP contribution is 2.48. The number of benzene rings is 8. The van der Waals surface area contributed by atoms with Crippen molar-refractivity contribution in [1.82, 2.24) is 9.97 Å². The fourth-order valence-corrected chi connectivity index (χ4v) is 8.61. The summed E-state index contributed by atoms with van der Waals surface area (Å²) in [5.74, 6) is 0.733. The third-order valence-electron chi connectivity index (χ3n) is 9.46. The van der Waals surface area contributed by atoms with Gasteiger partial charge in [0.2, 0.25) is 0 Å². The Labute approximate surface area is 275 Å². The lowest BCUT2D eigenvalue weighted by molar-refractivity contribution is 1.23. The highest BCUT2D eigenvalue weighted by molar-refractivity contribution is 7.27. The number of aromatic nitrogens is 2. The van der Waals surface area contributed by atoms with Gasteiger partial charge < -0.3 is 0 Å². The first-order valence-corrected chi connectivity index (χ1v) is 16.7. The van der Waals surface area contributed by atoms with E-state index in [1.165, 1.54) is 63.6 Å². The molecule has 0 unspecified atom stereocenters. The van der Waals surface area contributed by atoms with Crippen molar-refractivity contribution in [1.29, 1.82) is 0 Å². The highest BCUT2D eigenvalue weighted by Gasteiger charge is 2.19. The van der Waals surface area contributed by atoms with Gasteiger partial charge in [0.15, 0.2) is 5.82 Å². The zero-order valence-electron chi connectivity index (χ0n) is 25.3. The van der Waals surface area contributed by atoms with Gasteiger partial charge in [0.05, 0.1) is 11.2 Å². The lowest BCUT2D eigenvalue weighted by Gasteiger charge is -2.15. The van der Waals surface area contributed by atoms with Crippen LogP contribution in [0.3, 0.4) is 0 Å². The van der Waals surface area contributed by atoms with Crippen LogP contribution in [0.15, 0.2) is 158 Å². The molecule has 3 heteroatoms. The van der Waals surface area contributed by atoms with E-state index in [0.29, 0.717) is 0 Å². The van der Waals surface area contributed by atoms with Crippen LogP contribution in [-0.2, 0) is 0 Å². The topological polar surface area (TPSA) is 25.8 Å². The zero-order valence-corrected chi connectivity index (χ0v) is 26.1. The third kappa shape index (κ3) is 4.04. The van der Waals surface area contributed by atoms with Gasteiger partial charge in [-0.3, -0.25) is 0 Å². The van der Waals surface area contributed by atoms with Crippen molar-refractivity contribution in [2.24, 2.45) is 0 Å². The lowest BCUT2D eigenvalue weighted by Crippen LogP contribution is -1.95. The first-order valence-electron chi connectivity index (χ1n) is 15.9. The second-order valence-electron chi connectivity index (χ2n) is 12.1. The molecule has 2 heterocycles. The number of hydrogen-bond acceptors (Lipinski definition) is 3. The van der Waals surface area contributed by atoms with E-state index in [9.17, 15) is 0 Å². The van der Waals surface area contributed by atoms with E-state index >= 15 is 0 Å². The van der Waals surface area contributed by atoms with Crippen molar-refractivity contribution in [2.75, 3.05) is 0 Å². The second kappa shape index (κ2) is 10.3. The Morgan fingerprint density at radius 1 is 0.383 bits per heavy atom. The van der Waals surface area contributed by atoms with Crippen molar-refractivity contribution in [3.63, 3.8) is 0 Å². The van der Waals surface area contributed by atoms with Crippen molar-refractivity contribution < 1.29 is 0 Å². The summed E-state index contributed by atoms with van der Waals surface area (Å²) in [6.45, 7) is 0. The highest BCUT2D eigenvalue weighted by atomic mass is 32.1. The monoisotopic (exact) mass is 614 g/mol. The fraction of sp³-hybridized carbons (Fsp3) is 0. The minimum atomic E-state index is 0.733. The van der Waals surface area contributed by atoms with Gasteiger partial charge in [-0.15, -0.1) is 11.3 Å². The molecule has 0 saturated heterocycles. The minimum absolute atomic E-state index is 0.733. The van der Waals surface area contributed by atoms with Crippen LogP contribution < -0.4 is 0 Å². The van der Waals surface area contributed by atoms with Gasteiger partial charge in [-0.1, -0.05) is 140 Å². The molecule has 10 rings (SSSR count). The van der Waals surface area contributed by atoms with Crippen LogP contribution in [0.4, 0.5) is 0 Å². The van der Waals surface area contributed by atoms with Crippen molar-refractivity contribution >= 4 is 74.7 Å². The number of rotatable bonds is 3. The van der Waals surface area contributed by atoms with E-state index in [1.54, 1.807) is 0 Å². The van der Waals surface area contributed by atoms with Gasteiger partial charge >= 0.3 is 0 Å². The standard InChI is InChI=1S/C44H26N2S/c1-2-12-28(13-3-1)42-34-18-8-10-20-38(34)45-44(46-42)29-24-22-27(23-25-29)36-26-37-32-16-5-4-14-30(32)31-15-6-7-17-33(31)40(37)43-41(36)35-19-9-11-21-39(35)47-43/h1-26H.